The SMILES string of the molecule is CCCCCN1C=CCC(C#N)=C1. The fraction of sp³-hybridized carbons (Fsp3) is 0.545. The van der Waals surface area contributed by atoms with Crippen LogP contribution >= 0.6 is 0 Å². The summed E-state index contributed by atoms with van der Waals surface area (Å²) in [5, 5.41) is 8.70. The van der Waals surface area contributed by atoms with E-state index >= 15 is 0 Å². The number of nitrogens with zero attached hydrogens (tertiary/aromatic N) is 2. The third-order valence-corrected chi connectivity index (χ3v) is 2.12. The average Bonchev–Trinajstić information content (AvgIpc) is 2.19. The third kappa shape index (κ3) is 3.33. The van der Waals surface area contributed by atoms with Crippen LogP contribution in [0.4, 0.5) is 0 Å². The number of hydrogen-bond donors (Lipinski definition) is 0. The molecule has 0 fully saturated rings. The molecule has 0 aromatic rings. The van der Waals surface area contributed by atoms with E-state index in [2.05, 4.69) is 24.1 Å². The predicted molar refractivity (Wildman–Crippen MR) is 53.7 cm³/mol. The fourth-order valence-corrected chi connectivity index (χ4v) is 1.37. The molecule has 0 spiro atoms. The molecule has 0 aromatic heterocycles. The molecular formula is C11H16N2. The highest BCUT2D eigenvalue weighted by Crippen LogP contribution is 2.11. The minimum atomic E-state index is 0.792. The molecule has 2 heteroatoms. The zero-order valence-electron chi connectivity index (χ0n) is 8.16. The molecule has 0 atom stereocenters. The van der Waals surface area contributed by atoms with Gasteiger partial charge in [0.1, 0.15) is 0 Å². The number of nitriles is 1. The first kappa shape index (κ1) is 9.85. The van der Waals surface area contributed by atoms with Crippen LogP contribution in [0.15, 0.2) is 24.0 Å². The van der Waals surface area contributed by atoms with Gasteiger partial charge < -0.3 is 4.90 Å². The molecule has 13 heavy (non-hydrogen) atoms. The zero-order valence-corrected chi connectivity index (χ0v) is 8.16. The normalized spacial score (nSPS) is 15.4. The van der Waals surface area contributed by atoms with Crippen LogP contribution in [-0.4, -0.2) is 11.4 Å². The second-order valence-electron chi connectivity index (χ2n) is 3.30. The van der Waals surface area contributed by atoms with Gasteiger partial charge in [-0.25, -0.2) is 0 Å². The van der Waals surface area contributed by atoms with Crippen molar-refractivity contribution in [2.24, 2.45) is 0 Å². The lowest BCUT2D eigenvalue weighted by Crippen LogP contribution is -2.14. The van der Waals surface area contributed by atoms with E-state index in [0.29, 0.717) is 0 Å². The summed E-state index contributed by atoms with van der Waals surface area (Å²) in [6.45, 7) is 3.23. The smallest absolute Gasteiger partial charge is 0.0965 e. The Hall–Kier alpha value is -1.23. The summed E-state index contributed by atoms with van der Waals surface area (Å²) in [5.41, 5.74) is 0.860. The van der Waals surface area contributed by atoms with E-state index in [1.54, 1.807) is 0 Å². The van der Waals surface area contributed by atoms with Crippen molar-refractivity contribution in [3.8, 4) is 6.07 Å². The minimum absolute atomic E-state index is 0.792. The van der Waals surface area contributed by atoms with Crippen molar-refractivity contribution >= 4 is 0 Å². The van der Waals surface area contributed by atoms with Gasteiger partial charge in [0.05, 0.1) is 6.07 Å². The van der Waals surface area contributed by atoms with E-state index in [1.807, 2.05) is 12.3 Å². The fourth-order valence-electron chi connectivity index (χ4n) is 1.37. The Morgan fingerprint density at radius 3 is 3.08 bits per heavy atom. The van der Waals surface area contributed by atoms with Crippen LogP contribution in [0.3, 0.4) is 0 Å². The Labute approximate surface area is 80.2 Å². The molecular weight excluding hydrogens is 160 g/mol. The minimum Gasteiger partial charge on any atom is -0.354 e. The van der Waals surface area contributed by atoms with Gasteiger partial charge in [-0.3, -0.25) is 0 Å². The van der Waals surface area contributed by atoms with Gasteiger partial charge in [-0.1, -0.05) is 25.8 Å². The quantitative estimate of drug-likeness (QED) is 0.616. The van der Waals surface area contributed by atoms with Gasteiger partial charge in [0.25, 0.3) is 0 Å². The Morgan fingerprint density at radius 2 is 2.38 bits per heavy atom. The highest BCUT2D eigenvalue weighted by atomic mass is 15.1. The van der Waals surface area contributed by atoms with Crippen LogP contribution < -0.4 is 0 Å². The van der Waals surface area contributed by atoms with Crippen LogP contribution in [0.1, 0.15) is 32.6 Å². The summed E-state index contributed by atoms with van der Waals surface area (Å²) >= 11 is 0. The maximum atomic E-state index is 8.70. The largest absolute Gasteiger partial charge is 0.354 e. The van der Waals surface area contributed by atoms with Crippen LogP contribution in [0.2, 0.25) is 0 Å². The standard InChI is InChI=1S/C11H16N2/c1-2-3-4-7-13-8-5-6-11(9-12)10-13/h5,8,10H,2-4,6-7H2,1H3. The molecule has 0 radical (unpaired) electrons. The summed E-state index contributed by atoms with van der Waals surface area (Å²) in [5.74, 6) is 0. The van der Waals surface area contributed by atoms with E-state index in [9.17, 15) is 0 Å². The molecule has 1 heterocycles. The Kier molecular flexibility index (Phi) is 4.11. The highest BCUT2D eigenvalue weighted by molar-refractivity contribution is 5.26. The molecule has 0 saturated carbocycles. The van der Waals surface area contributed by atoms with Crippen LogP contribution in [0.25, 0.3) is 0 Å². The second-order valence-corrected chi connectivity index (χ2v) is 3.30. The highest BCUT2D eigenvalue weighted by Gasteiger charge is 2.03. The molecule has 0 aliphatic carbocycles. The van der Waals surface area contributed by atoms with Crippen molar-refractivity contribution in [1.29, 1.82) is 5.26 Å². The van der Waals surface area contributed by atoms with Gasteiger partial charge in [-0.2, -0.15) is 5.26 Å². The number of rotatable bonds is 4. The lowest BCUT2D eigenvalue weighted by Gasteiger charge is -2.18. The number of hydrogen-bond acceptors (Lipinski definition) is 2. The van der Waals surface area contributed by atoms with Gasteiger partial charge in [-0.15, -0.1) is 0 Å². The van der Waals surface area contributed by atoms with Gasteiger partial charge in [0.15, 0.2) is 0 Å². The molecule has 0 bridgehead atoms. The average molecular weight is 176 g/mol. The molecule has 70 valence electrons. The van der Waals surface area contributed by atoms with Crippen LogP contribution in [-0.2, 0) is 0 Å². The van der Waals surface area contributed by atoms with E-state index in [-0.39, 0.29) is 0 Å². The maximum absolute atomic E-state index is 8.70. The third-order valence-electron chi connectivity index (χ3n) is 2.12. The first-order valence-electron chi connectivity index (χ1n) is 4.90. The molecule has 0 unspecified atom stereocenters. The molecule has 1 aliphatic heterocycles. The van der Waals surface area contributed by atoms with Crippen LogP contribution in [0.5, 0.6) is 0 Å². The lowest BCUT2D eigenvalue weighted by atomic mass is 10.1. The second kappa shape index (κ2) is 5.42. The monoisotopic (exact) mass is 176 g/mol. The van der Waals surface area contributed by atoms with E-state index in [4.69, 9.17) is 5.26 Å². The topological polar surface area (TPSA) is 27.0 Å². The summed E-state index contributed by atoms with van der Waals surface area (Å²) < 4.78 is 0. The molecule has 0 N–H and O–H groups in total. The van der Waals surface area contributed by atoms with Crippen molar-refractivity contribution in [2.45, 2.75) is 32.6 Å². The van der Waals surface area contributed by atoms with Gasteiger partial charge in [-0.05, 0) is 12.6 Å². The molecule has 1 aliphatic rings. The summed E-state index contributed by atoms with van der Waals surface area (Å²) in [6.07, 6.45) is 10.6. The van der Waals surface area contributed by atoms with Crippen LogP contribution in [0, 0.1) is 11.3 Å². The van der Waals surface area contributed by atoms with E-state index < -0.39 is 0 Å². The molecule has 2 nitrogen and oxygen atoms in total. The Balaban J connectivity index is 2.34. The van der Waals surface area contributed by atoms with Crippen molar-refractivity contribution in [1.82, 2.24) is 4.90 Å². The summed E-state index contributed by atoms with van der Waals surface area (Å²) in [4.78, 5) is 2.11. The van der Waals surface area contributed by atoms with Crippen molar-refractivity contribution in [3.63, 3.8) is 0 Å². The van der Waals surface area contributed by atoms with Crippen molar-refractivity contribution in [2.75, 3.05) is 6.54 Å². The van der Waals surface area contributed by atoms with E-state index in [1.165, 1.54) is 19.3 Å². The van der Waals surface area contributed by atoms with Gasteiger partial charge in [0, 0.05) is 24.7 Å². The lowest BCUT2D eigenvalue weighted by molar-refractivity contribution is 0.467. The first-order valence-corrected chi connectivity index (χ1v) is 4.90. The summed E-state index contributed by atoms with van der Waals surface area (Å²) in [7, 11) is 0. The Morgan fingerprint density at radius 1 is 1.54 bits per heavy atom. The molecule has 1 rings (SSSR count). The first-order chi connectivity index (χ1) is 6.36. The molecule has 0 aromatic carbocycles. The molecule has 0 saturated heterocycles. The maximum Gasteiger partial charge on any atom is 0.0965 e. The molecule has 0 amide bonds. The van der Waals surface area contributed by atoms with Crippen molar-refractivity contribution in [3.05, 3.63) is 24.0 Å². The zero-order chi connectivity index (χ0) is 9.52. The summed E-state index contributed by atoms with van der Waals surface area (Å²) in [6, 6.07) is 2.19. The van der Waals surface area contributed by atoms with Gasteiger partial charge in [0.2, 0.25) is 0 Å². The predicted octanol–water partition coefficient (Wildman–Crippen LogP) is 2.80. The van der Waals surface area contributed by atoms with E-state index in [0.717, 1.165) is 18.5 Å². The number of allylic oxidation sites excluding steroid dienone is 2. The number of unbranched alkanes of at least 4 members (excludes halogenated alkanes) is 2. The van der Waals surface area contributed by atoms with Gasteiger partial charge >= 0.3 is 0 Å². The Bertz CT molecular complexity index is 245. The van der Waals surface area contributed by atoms with Crippen molar-refractivity contribution < 1.29 is 0 Å².